The number of hydrogen-bond acceptors (Lipinski definition) is 3. The van der Waals surface area contributed by atoms with Crippen LogP contribution in [0.1, 0.15) is 83.6 Å². The maximum Gasteiger partial charge on any atom is 0.0853 e. The smallest absolute Gasteiger partial charge is 0.0853 e. The molecule has 0 amide bonds. The minimum absolute atomic E-state index is 0.0561. The average Bonchev–Trinajstić information content (AvgIpc) is 2.72. The molecule has 3 unspecified atom stereocenters. The first-order valence-electron chi connectivity index (χ1n) is 11.4. The Morgan fingerprint density at radius 1 is 1.20 bits per heavy atom. The fraction of sp³-hybridized carbons (Fsp3) is 0.556. The van der Waals surface area contributed by atoms with Crippen LogP contribution in [0.5, 0.6) is 0 Å². The van der Waals surface area contributed by atoms with Gasteiger partial charge in [-0.15, -0.1) is 0 Å². The lowest BCUT2D eigenvalue weighted by Gasteiger charge is -2.32. The molecule has 0 saturated carbocycles. The van der Waals surface area contributed by atoms with Gasteiger partial charge in [-0.3, -0.25) is 0 Å². The van der Waals surface area contributed by atoms with Gasteiger partial charge in [0.15, 0.2) is 0 Å². The second kappa shape index (κ2) is 14.3. The molecule has 0 aliphatic carbocycles. The molecule has 3 nitrogen and oxygen atoms in total. The molecular formula is C27H42O3. The molecule has 30 heavy (non-hydrogen) atoms. The van der Waals surface area contributed by atoms with Crippen molar-refractivity contribution in [1.82, 2.24) is 0 Å². The van der Waals surface area contributed by atoms with E-state index in [4.69, 9.17) is 9.47 Å². The molecular weight excluding hydrogens is 372 g/mol. The molecule has 1 aromatic carbocycles. The van der Waals surface area contributed by atoms with Crippen LogP contribution in [0.2, 0.25) is 0 Å². The van der Waals surface area contributed by atoms with Crippen LogP contribution in [0.15, 0.2) is 53.6 Å². The summed E-state index contributed by atoms with van der Waals surface area (Å²) in [7, 11) is 1.72. The summed E-state index contributed by atoms with van der Waals surface area (Å²) in [6.45, 7) is 13.0. The van der Waals surface area contributed by atoms with Crippen LogP contribution in [0.3, 0.4) is 0 Å². The number of benzene rings is 1. The van der Waals surface area contributed by atoms with E-state index in [0.29, 0.717) is 19.4 Å². The van der Waals surface area contributed by atoms with Gasteiger partial charge < -0.3 is 14.6 Å². The second-order valence-electron chi connectivity index (χ2n) is 7.86. The number of rotatable bonds is 8. The molecule has 0 bridgehead atoms. The molecule has 1 aliphatic heterocycles. The highest BCUT2D eigenvalue weighted by Gasteiger charge is 2.27. The summed E-state index contributed by atoms with van der Waals surface area (Å²) in [6, 6.07) is 6.60. The molecule has 0 spiro atoms. The summed E-state index contributed by atoms with van der Waals surface area (Å²) in [5.74, 6) is 0. The number of hydrogen-bond donors (Lipinski definition) is 1. The fourth-order valence-electron chi connectivity index (χ4n) is 3.84. The number of allylic oxidation sites excluding steroid dienone is 6. The van der Waals surface area contributed by atoms with Gasteiger partial charge >= 0.3 is 0 Å². The highest BCUT2D eigenvalue weighted by molar-refractivity contribution is 5.36. The third-order valence-electron chi connectivity index (χ3n) is 5.07. The average molecular weight is 415 g/mol. The topological polar surface area (TPSA) is 38.7 Å². The molecule has 1 aliphatic rings. The lowest BCUT2D eigenvalue weighted by Crippen LogP contribution is -2.29. The van der Waals surface area contributed by atoms with Gasteiger partial charge in [-0.1, -0.05) is 68.8 Å². The Balaban J connectivity index is 0.00000218. The van der Waals surface area contributed by atoms with Crippen molar-refractivity contribution >= 4 is 0 Å². The first-order chi connectivity index (χ1) is 14.4. The van der Waals surface area contributed by atoms with E-state index >= 15 is 0 Å². The van der Waals surface area contributed by atoms with Crippen LogP contribution in [-0.4, -0.2) is 24.4 Å². The van der Waals surface area contributed by atoms with Crippen molar-refractivity contribution in [3.63, 3.8) is 0 Å². The molecule has 0 radical (unpaired) electrons. The summed E-state index contributed by atoms with van der Waals surface area (Å²) in [4.78, 5) is 0. The number of ether oxygens (including phenoxy) is 2. The normalized spacial score (nSPS) is 22.7. The SMILES string of the molecule is CC.C\C=C/C=C(/C=C(\C)Cc1cc(COC)cc(C2CC(O)CC(C)O2)c1)CC. The van der Waals surface area contributed by atoms with Gasteiger partial charge in [0.2, 0.25) is 0 Å². The van der Waals surface area contributed by atoms with Crippen molar-refractivity contribution in [2.75, 3.05) is 7.11 Å². The fourth-order valence-corrected chi connectivity index (χ4v) is 3.84. The summed E-state index contributed by atoms with van der Waals surface area (Å²) in [6.07, 6.45) is 11.6. The molecule has 1 heterocycles. The van der Waals surface area contributed by atoms with Crippen molar-refractivity contribution in [2.45, 2.75) is 92.1 Å². The van der Waals surface area contributed by atoms with E-state index in [2.05, 4.69) is 56.4 Å². The second-order valence-corrected chi connectivity index (χ2v) is 7.86. The Bertz CT molecular complexity index is 705. The third-order valence-corrected chi connectivity index (χ3v) is 5.07. The van der Waals surface area contributed by atoms with E-state index in [-0.39, 0.29) is 18.3 Å². The molecule has 2 rings (SSSR count). The molecule has 168 valence electrons. The van der Waals surface area contributed by atoms with Crippen molar-refractivity contribution in [2.24, 2.45) is 0 Å². The zero-order valence-corrected chi connectivity index (χ0v) is 20.1. The van der Waals surface area contributed by atoms with Crippen LogP contribution in [-0.2, 0) is 22.5 Å². The standard InChI is InChI=1S/C25H36O3.C2H6/c1-6-8-9-20(7-2)10-18(3)11-21-13-22(17-27-5)15-23(14-21)25-16-24(26)12-19(4)28-25;1-2/h6,8-10,13-15,19,24-26H,7,11-12,16-17H2,1-5H3;1-2H3/b8-6-,18-10+,20-9+;. The summed E-state index contributed by atoms with van der Waals surface area (Å²) in [5.41, 5.74) is 6.21. The Labute approximate surface area is 184 Å². The van der Waals surface area contributed by atoms with Gasteiger partial charge in [0, 0.05) is 13.5 Å². The van der Waals surface area contributed by atoms with Gasteiger partial charge in [0.25, 0.3) is 0 Å². The number of aliphatic hydroxyl groups excluding tert-OH is 1. The van der Waals surface area contributed by atoms with E-state index < -0.39 is 0 Å². The van der Waals surface area contributed by atoms with Crippen molar-refractivity contribution in [3.8, 4) is 0 Å². The van der Waals surface area contributed by atoms with Crippen LogP contribution in [0, 0.1) is 0 Å². The van der Waals surface area contributed by atoms with E-state index in [1.54, 1.807) is 7.11 Å². The minimum Gasteiger partial charge on any atom is -0.393 e. The van der Waals surface area contributed by atoms with Crippen LogP contribution in [0.4, 0.5) is 0 Å². The molecule has 1 fully saturated rings. The van der Waals surface area contributed by atoms with Crippen molar-refractivity contribution < 1.29 is 14.6 Å². The summed E-state index contributed by atoms with van der Waals surface area (Å²) in [5, 5.41) is 10.2. The van der Waals surface area contributed by atoms with Crippen LogP contribution >= 0.6 is 0 Å². The Hall–Kier alpha value is -1.68. The molecule has 1 aromatic rings. The Morgan fingerprint density at radius 3 is 2.50 bits per heavy atom. The van der Waals surface area contributed by atoms with Gasteiger partial charge in [-0.25, -0.2) is 0 Å². The zero-order valence-electron chi connectivity index (χ0n) is 20.1. The maximum absolute atomic E-state index is 10.2. The highest BCUT2D eigenvalue weighted by Crippen LogP contribution is 2.33. The summed E-state index contributed by atoms with van der Waals surface area (Å²) < 4.78 is 11.5. The predicted octanol–water partition coefficient (Wildman–Crippen LogP) is 6.86. The predicted molar refractivity (Wildman–Crippen MR) is 128 cm³/mol. The first-order valence-corrected chi connectivity index (χ1v) is 11.4. The molecule has 1 N–H and O–H groups in total. The quantitative estimate of drug-likeness (QED) is 0.472. The lowest BCUT2D eigenvalue weighted by molar-refractivity contribution is -0.0896. The Kier molecular flexibility index (Phi) is 12.6. The highest BCUT2D eigenvalue weighted by atomic mass is 16.5. The van der Waals surface area contributed by atoms with E-state index in [0.717, 1.165) is 24.0 Å². The molecule has 3 heteroatoms. The van der Waals surface area contributed by atoms with Crippen LogP contribution in [0.25, 0.3) is 0 Å². The van der Waals surface area contributed by atoms with Crippen LogP contribution < -0.4 is 0 Å². The minimum atomic E-state index is -0.297. The Morgan fingerprint density at radius 2 is 1.90 bits per heavy atom. The zero-order chi connectivity index (χ0) is 22.5. The largest absolute Gasteiger partial charge is 0.393 e. The summed E-state index contributed by atoms with van der Waals surface area (Å²) >= 11 is 0. The van der Waals surface area contributed by atoms with Gasteiger partial charge in [0.05, 0.1) is 24.9 Å². The maximum atomic E-state index is 10.2. The monoisotopic (exact) mass is 414 g/mol. The van der Waals surface area contributed by atoms with Crippen molar-refractivity contribution in [3.05, 3.63) is 70.3 Å². The van der Waals surface area contributed by atoms with Gasteiger partial charge in [-0.2, -0.15) is 0 Å². The number of methoxy groups -OCH3 is 1. The molecule has 0 aromatic heterocycles. The van der Waals surface area contributed by atoms with Gasteiger partial charge in [-0.05, 0) is 62.3 Å². The van der Waals surface area contributed by atoms with Crippen molar-refractivity contribution in [1.29, 1.82) is 0 Å². The molecule has 3 atom stereocenters. The lowest BCUT2D eigenvalue weighted by atomic mass is 9.92. The van der Waals surface area contributed by atoms with E-state index in [9.17, 15) is 5.11 Å². The third kappa shape index (κ3) is 8.99. The number of aliphatic hydroxyl groups is 1. The van der Waals surface area contributed by atoms with E-state index in [1.165, 1.54) is 16.7 Å². The first kappa shape index (κ1) is 26.4. The van der Waals surface area contributed by atoms with E-state index in [1.807, 2.05) is 27.7 Å². The van der Waals surface area contributed by atoms with Gasteiger partial charge in [0.1, 0.15) is 0 Å². The molecule has 1 saturated heterocycles.